The number of rotatable bonds is 12. The van der Waals surface area contributed by atoms with E-state index in [4.69, 9.17) is 30.3 Å². The van der Waals surface area contributed by atoms with Crippen molar-refractivity contribution < 1.29 is 18.6 Å². The van der Waals surface area contributed by atoms with Crippen molar-refractivity contribution in [1.82, 2.24) is 4.98 Å². The van der Waals surface area contributed by atoms with Gasteiger partial charge in [-0.3, -0.25) is 5.41 Å². The number of nitrogens with zero attached hydrogens (tertiary/aromatic N) is 2. The number of ether oxygens (including phenoxy) is 3. The highest BCUT2D eigenvalue weighted by Gasteiger charge is 2.28. The van der Waals surface area contributed by atoms with E-state index in [1.165, 1.54) is 0 Å². The van der Waals surface area contributed by atoms with Crippen molar-refractivity contribution in [2.75, 3.05) is 37.1 Å². The average Bonchev–Trinajstić information content (AvgIpc) is 3.38. The molecule has 1 saturated heterocycles. The number of methoxy groups -OCH3 is 1. The van der Waals surface area contributed by atoms with Crippen LogP contribution in [0.5, 0.6) is 11.5 Å². The van der Waals surface area contributed by atoms with Gasteiger partial charge < -0.3 is 30.2 Å². The highest BCUT2D eigenvalue weighted by molar-refractivity contribution is 5.95. The van der Waals surface area contributed by atoms with E-state index < -0.39 is 11.9 Å². The Morgan fingerprint density at radius 2 is 1.97 bits per heavy atom. The first-order chi connectivity index (χ1) is 18.8. The number of amidine groups is 1. The smallest absolute Gasteiger partial charge is 0.171 e. The Bertz CT molecular complexity index is 1270. The number of aromatic nitrogens is 1. The molecule has 1 aliphatic rings. The van der Waals surface area contributed by atoms with Crippen LogP contribution < -0.4 is 25.4 Å². The Morgan fingerprint density at radius 1 is 1.21 bits per heavy atom. The summed E-state index contributed by atoms with van der Waals surface area (Å²) in [6, 6.07) is 15.8. The maximum Gasteiger partial charge on any atom is 0.171 e. The molecule has 0 aliphatic carbocycles. The minimum Gasteiger partial charge on any atom is -0.494 e. The molecule has 208 valence electrons. The number of anilines is 2. The van der Waals surface area contributed by atoms with Crippen molar-refractivity contribution in [2.24, 2.45) is 5.73 Å². The monoisotopic (exact) mass is 535 g/mol. The number of benzene rings is 2. The lowest BCUT2D eigenvalue weighted by Crippen LogP contribution is -2.33. The predicted octanol–water partition coefficient (Wildman–Crippen LogP) is 5.51. The highest BCUT2D eigenvalue weighted by atomic mass is 19.1. The van der Waals surface area contributed by atoms with Crippen LogP contribution in [0.4, 0.5) is 15.9 Å². The Morgan fingerprint density at radius 3 is 2.64 bits per heavy atom. The molecule has 8 nitrogen and oxygen atoms in total. The molecule has 2 atom stereocenters. The first kappa shape index (κ1) is 28.2. The Hall–Kier alpha value is -3.85. The molecule has 0 saturated carbocycles. The average molecular weight is 536 g/mol. The van der Waals surface area contributed by atoms with Crippen molar-refractivity contribution >= 4 is 17.3 Å². The van der Waals surface area contributed by atoms with Crippen LogP contribution in [0.2, 0.25) is 0 Å². The summed E-state index contributed by atoms with van der Waals surface area (Å²) in [5, 5.41) is 11.1. The minimum absolute atomic E-state index is 0.0189. The Kier molecular flexibility index (Phi) is 9.24. The molecule has 0 radical (unpaired) electrons. The molecule has 0 amide bonds. The second-order valence-electron chi connectivity index (χ2n) is 9.86. The summed E-state index contributed by atoms with van der Waals surface area (Å²) in [4.78, 5) is 7.27. The van der Waals surface area contributed by atoms with Gasteiger partial charge >= 0.3 is 0 Å². The Labute approximate surface area is 229 Å². The van der Waals surface area contributed by atoms with E-state index in [0.717, 1.165) is 30.9 Å². The summed E-state index contributed by atoms with van der Waals surface area (Å²) in [7, 11) is 1.71. The molecular formula is C30H38FN5O3. The van der Waals surface area contributed by atoms with Crippen LogP contribution >= 0.6 is 0 Å². The van der Waals surface area contributed by atoms with E-state index in [2.05, 4.69) is 10.2 Å². The predicted molar refractivity (Wildman–Crippen MR) is 153 cm³/mol. The number of nitrogens with two attached hydrogens (primary N) is 1. The molecule has 2 unspecified atom stereocenters. The van der Waals surface area contributed by atoms with Crippen molar-refractivity contribution in [3.05, 3.63) is 77.2 Å². The van der Waals surface area contributed by atoms with E-state index in [9.17, 15) is 0 Å². The summed E-state index contributed by atoms with van der Waals surface area (Å²) in [5.74, 6) is 0.968. The van der Waals surface area contributed by atoms with Crippen LogP contribution in [0.25, 0.3) is 0 Å². The van der Waals surface area contributed by atoms with Crippen molar-refractivity contribution in [2.45, 2.75) is 51.8 Å². The fourth-order valence-electron chi connectivity index (χ4n) is 4.88. The number of halogens is 1. The maximum atomic E-state index is 16.1. The largest absolute Gasteiger partial charge is 0.494 e. The summed E-state index contributed by atoms with van der Waals surface area (Å²) < 4.78 is 33.2. The summed E-state index contributed by atoms with van der Waals surface area (Å²) in [6.07, 6.45) is 1.87. The molecule has 39 heavy (non-hydrogen) atoms. The lowest BCUT2D eigenvalue weighted by atomic mass is 10.0. The summed E-state index contributed by atoms with van der Waals surface area (Å²) in [6.45, 7) is 7.54. The van der Waals surface area contributed by atoms with Crippen LogP contribution in [0.1, 0.15) is 56.5 Å². The molecule has 3 aromatic rings. The number of nitrogens with one attached hydrogen (secondary N) is 2. The van der Waals surface area contributed by atoms with Gasteiger partial charge in [0, 0.05) is 36.5 Å². The quantitative estimate of drug-likeness (QED) is 0.208. The molecule has 2 heterocycles. The number of hydrogen-bond acceptors (Lipinski definition) is 7. The summed E-state index contributed by atoms with van der Waals surface area (Å²) >= 11 is 0. The van der Waals surface area contributed by atoms with Crippen molar-refractivity contribution in [3.8, 4) is 11.5 Å². The third kappa shape index (κ3) is 6.78. The molecule has 0 bridgehead atoms. The normalized spacial score (nSPS) is 15.8. The van der Waals surface area contributed by atoms with E-state index in [1.807, 2.05) is 51.1 Å². The SMILES string of the molecule is CCOc1cc(OC(C)C)c(F)c(C(Nc2ccc(C(=N)N)cc2)c2cccc(N3CCCC3COC)n2)c1. The van der Waals surface area contributed by atoms with Gasteiger partial charge in [-0.1, -0.05) is 6.07 Å². The van der Waals surface area contributed by atoms with Gasteiger partial charge in [-0.25, -0.2) is 9.37 Å². The van der Waals surface area contributed by atoms with Gasteiger partial charge in [-0.05, 0) is 76.1 Å². The zero-order valence-electron chi connectivity index (χ0n) is 23.0. The molecule has 2 aromatic carbocycles. The third-order valence-corrected chi connectivity index (χ3v) is 6.61. The second kappa shape index (κ2) is 12.8. The van der Waals surface area contributed by atoms with Gasteiger partial charge in [0.15, 0.2) is 11.6 Å². The standard InChI is InChI=1S/C30H38FN5O3/c1-5-38-23-16-24(28(31)26(17-23)39-19(2)3)29(34-21-13-11-20(12-14-21)30(32)33)25-9-6-10-27(35-25)36-15-7-8-22(36)18-37-4/h6,9-14,16-17,19,22,29,34H,5,7-8,15,18H2,1-4H3,(H3,32,33). The molecule has 1 aliphatic heterocycles. The highest BCUT2D eigenvalue weighted by Crippen LogP contribution is 2.37. The van der Waals surface area contributed by atoms with Crippen LogP contribution in [-0.2, 0) is 4.74 Å². The zero-order valence-corrected chi connectivity index (χ0v) is 23.0. The summed E-state index contributed by atoms with van der Waals surface area (Å²) in [5.41, 5.74) is 7.97. The van der Waals surface area contributed by atoms with Crippen molar-refractivity contribution in [1.29, 1.82) is 5.41 Å². The van der Waals surface area contributed by atoms with Crippen LogP contribution in [-0.4, -0.2) is 49.8 Å². The van der Waals surface area contributed by atoms with Gasteiger partial charge in [-0.15, -0.1) is 0 Å². The van der Waals surface area contributed by atoms with Crippen LogP contribution in [0.3, 0.4) is 0 Å². The second-order valence-corrected chi connectivity index (χ2v) is 9.86. The molecule has 1 aromatic heterocycles. The number of pyridine rings is 1. The minimum atomic E-state index is -0.661. The first-order valence-corrected chi connectivity index (χ1v) is 13.4. The number of hydrogen-bond donors (Lipinski definition) is 3. The van der Waals surface area contributed by atoms with Gasteiger partial charge in [0.05, 0.1) is 37.1 Å². The topological polar surface area (TPSA) is 106 Å². The molecule has 4 rings (SSSR count). The molecule has 4 N–H and O–H groups in total. The van der Waals surface area contributed by atoms with Crippen LogP contribution in [0, 0.1) is 11.2 Å². The fraction of sp³-hybridized carbons (Fsp3) is 0.400. The van der Waals surface area contributed by atoms with Gasteiger partial charge in [0.1, 0.15) is 17.4 Å². The van der Waals surface area contributed by atoms with E-state index in [-0.39, 0.29) is 23.7 Å². The lowest BCUT2D eigenvalue weighted by molar-refractivity contribution is 0.180. The van der Waals surface area contributed by atoms with Crippen molar-refractivity contribution in [3.63, 3.8) is 0 Å². The van der Waals surface area contributed by atoms with Gasteiger partial charge in [0.2, 0.25) is 0 Å². The molecule has 0 spiro atoms. The molecule has 9 heteroatoms. The molecule has 1 fully saturated rings. The van der Waals surface area contributed by atoms with E-state index in [0.29, 0.717) is 35.8 Å². The Balaban J connectivity index is 1.81. The van der Waals surface area contributed by atoms with E-state index in [1.54, 1.807) is 31.4 Å². The first-order valence-electron chi connectivity index (χ1n) is 13.4. The van der Waals surface area contributed by atoms with Gasteiger partial charge in [0.25, 0.3) is 0 Å². The molecular weight excluding hydrogens is 497 g/mol. The van der Waals surface area contributed by atoms with Crippen LogP contribution in [0.15, 0.2) is 54.6 Å². The maximum absolute atomic E-state index is 16.1. The lowest BCUT2D eigenvalue weighted by Gasteiger charge is -2.27. The number of nitrogen functional groups attached to an aromatic ring is 1. The van der Waals surface area contributed by atoms with E-state index >= 15 is 4.39 Å². The fourth-order valence-corrected chi connectivity index (χ4v) is 4.88. The zero-order chi connectivity index (χ0) is 27.9. The third-order valence-electron chi connectivity index (χ3n) is 6.61. The van der Waals surface area contributed by atoms with Gasteiger partial charge in [-0.2, -0.15) is 0 Å².